The first-order valence-corrected chi connectivity index (χ1v) is 5.83. The summed E-state index contributed by atoms with van der Waals surface area (Å²) in [5, 5.41) is 37.0. The molecule has 0 radical (unpaired) electrons. The van der Waals surface area contributed by atoms with E-state index in [-0.39, 0.29) is 18.9 Å². The molecule has 6 nitrogen and oxygen atoms in total. The molecule has 3 atom stereocenters. The molecule has 2 fully saturated rings. The fourth-order valence-electron chi connectivity index (χ4n) is 3.08. The molecule has 1 aliphatic heterocycles. The maximum absolute atomic E-state index is 11.7. The van der Waals surface area contributed by atoms with Crippen molar-refractivity contribution in [3.8, 4) is 0 Å². The van der Waals surface area contributed by atoms with Crippen molar-refractivity contribution in [2.75, 3.05) is 13.2 Å². The minimum absolute atomic E-state index is 0.190. The van der Waals surface area contributed by atoms with Crippen LogP contribution in [0.3, 0.4) is 0 Å². The lowest BCUT2D eigenvalue weighted by Crippen LogP contribution is -2.40. The number of esters is 1. The van der Waals surface area contributed by atoms with Crippen LogP contribution in [0.5, 0.6) is 0 Å². The van der Waals surface area contributed by atoms with Crippen LogP contribution in [0, 0.1) is 11.8 Å². The molecule has 0 spiro atoms. The molecule has 98 valence electrons. The molecule has 1 heterocycles. The van der Waals surface area contributed by atoms with Gasteiger partial charge in [-0.3, -0.25) is 4.79 Å². The van der Waals surface area contributed by atoms with Gasteiger partial charge in [0.25, 0.3) is 0 Å². The summed E-state index contributed by atoms with van der Waals surface area (Å²) in [6, 6.07) is 0. The highest BCUT2D eigenvalue weighted by atomic mass is 16.6. The highest BCUT2D eigenvalue weighted by Crippen LogP contribution is 2.50. The Morgan fingerprint density at radius 1 is 1.41 bits per heavy atom. The number of fused-ring (bicyclic) bond motifs is 1. The summed E-state index contributed by atoms with van der Waals surface area (Å²) in [7, 11) is 0. The van der Waals surface area contributed by atoms with Gasteiger partial charge in [-0.15, -0.1) is 0 Å². The summed E-state index contributed by atoms with van der Waals surface area (Å²) in [6.07, 6.45) is 1.92. The molecule has 0 aromatic carbocycles. The zero-order chi connectivity index (χ0) is 12.7. The number of ether oxygens (including phenoxy) is 1. The Balaban J connectivity index is 2.16. The highest BCUT2D eigenvalue weighted by molar-refractivity contribution is 5.76. The number of hydrogen-bond donors (Lipinski definition) is 4. The van der Waals surface area contributed by atoms with E-state index in [4.69, 9.17) is 9.84 Å². The Morgan fingerprint density at radius 2 is 2.12 bits per heavy atom. The van der Waals surface area contributed by atoms with Gasteiger partial charge in [0.15, 0.2) is 5.79 Å². The van der Waals surface area contributed by atoms with E-state index in [1.807, 2.05) is 0 Å². The van der Waals surface area contributed by atoms with Crippen molar-refractivity contribution in [2.45, 2.75) is 37.1 Å². The Bertz CT molecular complexity index is 315. The van der Waals surface area contributed by atoms with Crippen LogP contribution in [-0.4, -0.2) is 51.0 Å². The summed E-state index contributed by atoms with van der Waals surface area (Å²) >= 11 is 0. The van der Waals surface area contributed by atoms with E-state index in [1.165, 1.54) is 0 Å². The molecule has 17 heavy (non-hydrogen) atoms. The van der Waals surface area contributed by atoms with Crippen molar-refractivity contribution in [1.29, 1.82) is 0 Å². The molecule has 2 rings (SSSR count). The summed E-state index contributed by atoms with van der Waals surface area (Å²) in [5.74, 6) is -3.63. The Hall–Kier alpha value is -0.690. The van der Waals surface area contributed by atoms with Gasteiger partial charge in [-0.1, -0.05) is 0 Å². The monoisotopic (exact) mass is 246 g/mol. The summed E-state index contributed by atoms with van der Waals surface area (Å²) < 4.78 is 5.23. The molecule has 1 saturated carbocycles. The van der Waals surface area contributed by atoms with Crippen LogP contribution >= 0.6 is 0 Å². The highest BCUT2D eigenvalue weighted by Gasteiger charge is 2.58. The van der Waals surface area contributed by atoms with Crippen molar-refractivity contribution >= 4 is 5.97 Å². The van der Waals surface area contributed by atoms with Crippen LogP contribution < -0.4 is 0 Å². The second-order valence-corrected chi connectivity index (χ2v) is 5.09. The van der Waals surface area contributed by atoms with Gasteiger partial charge in [-0.05, 0) is 19.3 Å². The maximum atomic E-state index is 11.7. The number of rotatable bonds is 4. The van der Waals surface area contributed by atoms with Gasteiger partial charge in [0.2, 0.25) is 0 Å². The quantitative estimate of drug-likeness (QED) is 0.365. The van der Waals surface area contributed by atoms with Gasteiger partial charge in [0.1, 0.15) is 5.60 Å². The smallest absolute Gasteiger partial charge is 0.310 e. The fourth-order valence-corrected chi connectivity index (χ4v) is 3.08. The molecule has 1 aliphatic carbocycles. The van der Waals surface area contributed by atoms with Gasteiger partial charge < -0.3 is 25.2 Å². The molecule has 6 heteroatoms. The summed E-state index contributed by atoms with van der Waals surface area (Å²) in [5.41, 5.74) is -0.840. The Kier molecular flexibility index (Phi) is 3.15. The van der Waals surface area contributed by atoms with E-state index in [0.717, 1.165) is 12.8 Å². The molecular weight excluding hydrogens is 228 g/mol. The molecule has 4 N–H and O–H groups in total. The van der Waals surface area contributed by atoms with Crippen molar-refractivity contribution in [2.24, 2.45) is 11.8 Å². The lowest BCUT2D eigenvalue weighted by atomic mass is 9.80. The Labute approximate surface area is 98.8 Å². The number of aliphatic hydroxyl groups excluding tert-OH is 2. The van der Waals surface area contributed by atoms with Crippen LogP contribution in [0.1, 0.15) is 25.7 Å². The maximum Gasteiger partial charge on any atom is 0.310 e. The lowest BCUT2D eigenvalue weighted by Gasteiger charge is -2.27. The van der Waals surface area contributed by atoms with Gasteiger partial charge in [-0.2, -0.15) is 0 Å². The second-order valence-electron chi connectivity index (χ2n) is 5.09. The van der Waals surface area contributed by atoms with Gasteiger partial charge in [0.05, 0.1) is 19.1 Å². The average Bonchev–Trinajstić information content (AvgIpc) is 2.79. The van der Waals surface area contributed by atoms with E-state index in [9.17, 15) is 20.1 Å². The van der Waals surface area contributed by atoms with Crippen LogP contribution in [0.25, 0.3) is 0 Å². The summed E-state index contributed by atoms with van der Waals surface area (Å²) in [4.78, 5) is 11.7. The standard InChI is InChI=1S/C11H18O6/c12-5-10-3-1-2-8(10)7(9(14)17-10)4-11(15,16)6-13/h7-8,12-13,15-16H,1-6H2. The molecule has 3 unspecified atom stereocenters. The van der Waals surface area contributed by atoms with E-state index in [2.05, 4.69) is 0 Å². The van der Waals surface area contributed by atoms with E-state index in [1.54, 1.807) is 0 Å². The predicted molar refractivity (Wildman–Crippen MR) is 55.6 cm³/mol. The zero-order valence-corrected chi connectivity index (χ0v) is 9.50. The number of aliphatic hydroxyl groups is 4. The van der Waals surface area contributed by atoms with Crippen LogP contribution in [-0.2, 0) is 9.53 Å². The third-order valence-corrected chi connectivity index (χ3v) is 3.95. The Morgan fingerprint density at radius 3 is 2.71 bits per heavy atom. The van der Waals surface area contributed by atoms with Gasteiger partial charge in [0, 0.05) is 12.3 Å². The summed E-state index contributed by atoms with van der Waals surface area (Å²) in [6.45, 7) is -1.06. The van der Waals surface area contributed by atoms with Crippen LogP contribution in [0.15, 0.2) is 0 Å². The largest absolute Gasteiger partial charge is 0.456 e. The zero-order valence-electron chi connectivity index (χ0n) is 9.50. The molecular formula is C11H18O6. The van der Waals surface area contributed by atoms with E-state index < -0.39 is 29.9 Å². The first-order valence-electron chi connectivity index (χ1n) is 5.83. The predicted octanol–water partition coefficient (Wildman–Crippen LogP) is -1.25. The third-order valence-electron chi connectivity index (χ3n) is 3.95. The molecule has 0 amide bonds. The van der Waals surface area contributed by atoms with Crippen LogP contribution in [0.4, 0.5) is 0 Å². The number of hydrogen-bond acceptors (Lipinski definition) is 6. The van der Waals surface area contributed by atoms with Gasteiger partial charge in [-0.25, -0.2) is 0 Å². The van der Waals surface area contributed by atoms with Crippen molar-refractivity contribution in [3.05, 3.63) is 0 Å². The van der Waals surface area contributed by atoms with Crippen molar-refractivity contribution < 1.29 is 30.0 Å². The minimum atomic E-state index is -2.27. The molecule has 1 saturated heterocycles. The SMILES string of the molecule is O=C1OC2(CO)CCCC2C1CC(O)(O)CO. The molecule has 2 aliphatic rings. The fraction of sp³-hybridized carbons (Fsp3) is 0.909. The second kappa shape index (κ2) is 4.20. The average molecular weight is 246 g/mol. The topological polar surface area (TPSA) is 107 Å². The normalized spacial score (nSPS) is 37.1. The molecule has 0 bridgehead atoms. The first-order chi connectivity index (χ1) is 7.94. The third kappa shape index (κ3) is 2.06. The van der Waals surface area contributed by atoms with E-state index >= 15 is 0 Å². The number of carbonyl (C=O) groups is 1. The number of carbonyl (C=O) groups excluding carboxylic acids is 1. The molecule has 0 aromatic heterocycles. The minimum Gasteiger partial charge on any atom is -0.456 e. The van der Waals surface area contributed by atoms with E-state index in [0.29, 0.717) is 6.42 Å². The van der Waals surface area contributed by atoms with Crippen molar-refractivity contribution in [3.63, 3.8) is 0 Å². The first kappa shape index (κ1) is 12.8. The van der Waals surface area contributed by atoms with Crippen LogP contribution in [0.2, 0.25) is 0 Å². The lowest BCUT2D eigenvalue weighted by molar-refractivity contribution is -0.200. The van der Waals surface area contributed by atoms with Crippen molar-refractivity contribution in [1.82, 2.24) is 0 Å². The molecule has 0 aromatic rings. The van der Waals surface area contributed by atoms with Gasteiger partial charge >= 0.3 is 5.97 Å².